The molecule has 0 fully saturated rings. The number of carbonyl (C=O) groups is 1. The minimum Gasteiger partial charge on any atom is -0.341 e. The van der Waals surface area contributed by atoms with Gasteiger partial charge in [0.2, 0.25) is 15.9 Å². The maximum absolute atomic E-state index is 12.3. The van der Waals surface area contributed by atoms with Crippen LogP contribution < -0.4 is 4.31 Å². The third kappa shape index (κ3) is 5.76. The normalized spacial score (nSPS) is 11.2. The summed E-state index contributed by atoms with van der Waals surface area (Å²) in [4.78, 5) is 13.9. The number of hydrogen-bond acceptors (Lipinski definition) is 3. The number of carbonyl (C=O) groups excluding carboxylic acids is 1. The van der Waals surface area contributed by atoms with Crippen molar-refractivity contribution in [2.45, 2.75) is 13.0 Å². The Bertz CT molecular complexity index is 808. The van der Waals surface area contributed by atoms with E-state index < -0.39 is 10.0 Å². The Kier molecular flexibility index (Phi) is 6.45. The number of hydrogen-bond donors (Lipinski definition) is 0. The molecule has 2 aromatic carbocycles. The Hall–Kier alpha value is -2.05. The second kappa shape index (κ2) is 8.36. The molecule has 0 N–H and O–H groups in total. The maximum Gasteiger partial charge on any atom is 0.232 e. The van der Waals surface area contributed by atoms with Crippen LogP contribution in [0.15, 0.2) is 54.6 Å². The van der Waals surface area contributed by atoms with Crippen molar-refractivity contribution in [2.24, 2.45) is 0 Å². The summed E-state index contributed by atoms with van der Waals surface area (Å²) in [6.07, 6.45) is 1.22. The summed E-state index contributed by atoms with van der Waals surface area (Å²) in [7, 11) is -1.78. The first-order valence-electron chi connectivity index (χ1n) is 7.78. The summed E-state index contributed by atoms with van der Waals surface area (Å²) in [6, 6.07) is 16.1. The molecule has 0 saturated heterocycles. The molecule has 2 aromatic rings. The third-order valence-electron chi connectivity index (χ3n) is 3.73. The van der Waals surface area contributed by atoms with Gasteiger partial charge in [0.05, 0.1) is 11.9 Å². The minimum atomic E-state index is -3.49. The van der Waals surface area contributed by atoms with Crippen molar-refractivity contribution in [3.05, 3.63) is 65.2 Å². The molecule has 0 spiro atoms. The van der Waals surface area contributed by atoms with E-state index in [0.29, 0.717) is 17.3 Å². The summed E-state index contributed by atoms with van der Waals surface area (Å²) in [5, 5.41) is 0.524. The van der Waals surface area contributed by atoms with Crippen LogP contribution in [0.25, 0.3) is 0 Å². The van der Waals surface area contributed by atoms with Crippen molar-refractivity contribution >= 4 is 33.2 Å². The topological polar surface area (TPSA) is 57.7 Å². The van der Waals surface area contributed by atoms with Crippen molar-refractivity contribution < 1.29 is 13.2 Å². The molecule has 0 aliphatic rings. The molecule has 0 bridgehead atoms. The molecule has 134 valence electrons. The van der Waals surface area contributed by atoms with E-state index in [1.165, 1.54) is 4.31 Å². The lowest BCUT2D eigenvalue weighted by Crippen LogP contribution is -2.35. The Morgan fingerprint density at radius 3 is 2.20 bits per heavy atom. The zero-order valence-electron chi connectivity index (χ0n) is 14.2. The fraction of sp³-hybridized carbons (Fsp3) is 0.278. The fourth-order valence-corrected chi connectivity index (χ4v) is 3.48. The van der Waals surface area contributed by atoms with Gasteiger partial charge < -0.3 is 4.90 Å². The second-order valence-corrected chi connectivity index (χ2v) is 8.14. The molecule has 0 saturated carbocycles. The van der Waals surface area contributed by atoms with E-state index in [4.69, 9.17) is 11.6 Å². The van der Waals surface area contributed by atoms with E-state index in [9.17, 15) is 13.2 Å². The van der Waals surface area contributed by atoms with Gasteiger partial charge in [-0.25, -0.2) is 8.42 Å². The maximum atomic E-state index is 12.3. The highest BCUT2D eigenvalue weighted by molar-refractivity contribution is 7.92. The first-order valence-corrected chi connectivity index (χ1v) is 10.0. The Morgan fingerprint density at radius 1 is 1.04 bits per heavy atom. The van der Waals surface area contributed by atoms with Crippen LogP contribution in [0, 0.1) is 0 Å². The van der Waals surface area contributed by atoms with Gasteiger partial charge in [-0.2, -0.15) is 0 Å². The Balaban J connectivity index is 2.02. The van der Waals surface area contributed by atoms with Gasteiger partial charge in [-0.3, -0.25) is 9.10 Å². The highest BCUT2D eigenvalue weighted by Crippen LogP contribution is 2.21. The van der Waals surface area contributed by atoms with Crippen molar-refractivity contribution in [3.8, 4) is 0 Å². The monoisotopic (exact) mass is 380 g/mol. The van der Waals surface area contributed by atoms with Crippen LogP contribution in [0.4, 0.5) is 5.69 Å². The van der Waals surface area contributed by atoms with E-state index in [-0.39, 0.29) is 18.9 Å². The highest BCUT2D eigenvalue weighted by atomic mass is 35.5. The Labute approximate surface area is 153 Å². The summed E-state index contributed by atoms with van der Waals surface area (Å²) < 4.78 is 25.3. The molecule has 25 heavy (non-hydrogen) atoms. The van der Waals surface area contributed by atoms with Gasteiger partial charge in [-0.1, -0.05) is 41.9 Å². The molecule has 0 atom stereocenters. The fourth-order valence-electron chi connectivity index (χ4n) is 2.43. The van der Waals surface area contributed by atoms with Gasteiger partial charge >= 0.3 is 0 Å². The summed E-state index contributed by atoms with van der Waals surface area (Å²) in [6.45, 7) is 0.567. The Morgan fingerprint density at radius 2 is 1.64 bits per heavy atom. The standard InChI is InChI=1S/C18H21ClN2O3S/c1-20(14-15-6-4-3-5-7-15)18(22)12-13-21(25(2,23)24)17-10-8-16(19)9-11-17/h3-11H,12-14H2,1-2H3. The highest BCUT2D eigenvalue weighted by Gasteiger charge is 2.19. The van der Waals surface area contributed by atoms with E-state index in [2.05, 4.69) is 0 Å². The van der Waals surface area contributed by atoms with Gasteiger partial charge in [0.25, 0.3) is 0 Å². The summed E-state index contributed by atoms with van der Waals surface area (Å²) in [5.74, 6) is -0.119. The number of amides is 1. The number of rotatable bonds is 7. The number of anilines is 1. The van der Waals surface area contributed by atoms with Gasteiger partial charge in [-0.15, -0.1) is 0 Å². The summed E-state index contributed by atoms with van der Waals surface area (Å²) in [5.41, 5.74) is 1.52. The number of nitrogens with zero attached hydrogens (tertiary/aromatic N) is 2. The zero-order valence-corrected chi connectivity index (χ0v) is 15.8. The quantitative estimate of drug-likeness (QED) is 0.741. The predicted molar refractivity (Wildman–Crippen MR) is 101 cm³/mol. The van der Waals surface area contributed by atoms with Crippen LogP contribution in [-0.4, -0.2) is 39.1 Å². The van der Waals surface area contributed by atoms with E-state index >= 15 is 0 Å². The van der Waals surface area contributed by atoms with Gasteiger partial charge in [0.15, 0.2) is 0 Å². The summed E-state index contributed by atoms with van der Waals surface area (Å²) >= 11 is 5.85. The molecular weight excluding hydrogens is 360 g/mol. The largest absolute Gasteiger partial charge is 0.341 e. The van der Waals surface area contributed by atoms with Crippen LogP contribution in [-0.2, 0) is 21.4 Å². The van der Waals surface area contributed by atoms with Gasteiger partial charge in [0.1, 0.15) is 0 Å². The lowest BCUT2D eigenvalue weighted by atomic mass is 10.2. The molecule has 5 nitrogen and oxygen atoms in total. The molecule has 0 aromatic heterocycles. The van der Waals surface area contributed by atoms with Crippen molar-refractivity contribution in [3.63, 3.8) is 0 Å². The molecule has 1 amide bonds. The smallest absolute Gasteiger partial charge is 0.232 e. The average molecular weight is 381 g/mol. The van der Waals surface area contributed by atoms with Crippen LogP contribution in [0.1, 0.15) is 12.0 Å². The second-order valence-electron chi connectivity index (χ2n) is 5.80. The number of sulfonamides is 1. The SMILES string of the molecule is CN(Cc1ccccc1)C(=O)CCN(c1ccc(Cl)cc1)S(C)(=O)=O. The minimum absolute atomic E-state index is 0.0818. The number of benzene rings is 2. The lowest BCUT2D eigenvalue weighted by molar-refractivity contribution is -0.130. The molecular formula is C18H21ClN2O3S. The predicted octanol–water partition coefficient (Wildman–Crippen LogP) is 3.15. The van der Waals surface area contributed by atoms with Crippen molar-refractivity contribution in [1.82, 2.24) is 4.90 Å². The van der Waals surface area contributed by atoms with Crippen LogP contribution in [0.3, 0.4) is 0 Å². The molecule has 2 rings (SSSR count). The molecule has 0 unspecified atom stereocenters. The van der Waals surface area contributed by atoms with Crippen LogP contribution in [0.2, 0.25) is 5.02 Å². The molecule has 7 heteroatoms. The first-order chi connectivity index (χ1) is 11.8. The van der Waals surface area contributed by atoms with Gasteiger partial charge in [-0.05, 0) is 29.8 Å². The molecule has 0 heterocycles. The van der Waals surface area contributed by atoms with E-state index in [1.54, 1.807) is 36.2 Å². The molecule has 0 aliphatic heterocycles. The zero-order chi connectivity index (χ0) is 18.4. The number of halogens is 1. The lowest BCUT2D eigenvalue weighted by Gasteiger charge is -2.24. The van der Waals surface area contributed by atoms with E-state index in [0.717, 1.165) is 11.8 Å². The van der Waals surface area contributed by atoms with Crippen molar-refractivity contribution in [2.75, 3.05) is 24.2 Å². The van der Waals surface area contributed by atoms with E-state index in [1.807, 2.05) is 30.3 Å². The average Bonchev–Trinajstić information content (AvgIpc) is 2.56. The third-order valence-corrected chi connectivity index (χ3v) is 5.18. The van der Waals surface area contributed by atoms with Crippen molar-refractivity contribution in [1.29, 1.82) is 0 Å². The van der Waals surface area contributed by atoms with Crippen LogP contribution in [0.5, 0.6) is 0 Å². The van der Waals surface area contributed by atoms with Crippen LogP contribution >= 0.6 is 11.6 Å². The van der Waals surface area contributed by atoms with Gasteiger partial charge in [0, 0.05) is 31.6 Å². The molecule has 0 aliphatic carbocycles. The molecule has 0 radical (unpaired) electrons. The first kappa shape index (κ1) is 19.3.